The lowest BCUT2D eigenvalue weighted by Crippen LogP contribution is -2.44. The molecule has 2 aromatic carbocycles. The number of aliphatic carboxylic acids is 1. The van der Waals surface area contributed by atoms with Gasteiger partial charge in [0.2, 0.25) is 0 Å². The van der Waals surface area contributed by atoms with Crippen molar-refractivity contribution in [3.63, 3.8) is 0 Å². The molecule has 4 nitrogen and oxygen atoms in total. The number of thioether (sulfide) groups is 1. The van der Waals surface area contributed by atoms with Crippen LogP contribution in [0.25, 0.3) is 0 Å². The second kappa shape index (κ2) is 8.95. The van der Waals surface area contributed by atoms with Crippen LogP contribution in [0.3, 0.4) is 0 Å². The second-order valence-electron chi connectivity index (χ2n) is 7.80. The lowest BCUT2D eigenvalue weighted by atomic mass is 9.74. The van der Waals surface area contributed by atoms with Gasteiger partial charge in [0.1, 0.15) is 0 Å². The van der Waals surface area contributed by atoms with Crippen LogP contribution >= 0.6 is 35.0 Å². The van der Waals surface area contributed by atoms with Crippen molar-refractivity contribution in [3.8, 4) is 5.75 Å². The summed E-state index contributed by atoms with van der Waals surface area (Å²) in [5, 5.41) is 10.0. The third kappa shape index (κ3) is 4.28. The van der Waals surface area contributed by atoms with Crippen LogP contribution in [0.15, 0.2) is 35.2 Å². The highest BCUT2D eigenvalue weighted by Gasteiger charge is 2.44. The molecule has 0 saturated carbocycles. The van der Waals surface area contributed by atoms with Gasteiger partial charge < -0.3 is 14.7 Å². The fourth-order valence-corrected chi connectivity index (χ4v) is 5.87. The molecule has 4 rings (SSSR count). The summed E-state index contributed by atoms with van der Waals surface area (Å²) >= 11 is 13.8. The molecule has 1 spiro atoms. The van der Waals surface area contributed by atoms with Crippen LogP contribution in [0.1, 0.15) is 30.4 Å². The minimum atomic E-state index is -0.782. The number of hydrogen-bond donors (Lipinski definition) is 1. The van der Waals surface area contributed by atoms with Crippen molar-refractivity contribution < 1.29 is 19.0 Å². The van der Waals surface area contributed by atoms with Gasteiger partial charge in [-0.05, 0) is 49.7 Å². The number of carboxylic acids is 1. The topological polar surface area (TPSA) is 49.8 Å². The normalized spacial score (nSPS) is 17.7. The van der Waals surface area contributed by atoms with Crippen molar-refractivity contribution >= 4 is 40.9 Å². The fourth-order valence-electron chi connectivity index (χ4n) is 4.19. The Morgan fingerprint density at radius 3 is 2.57 bits per heavy atom. The van der Waals surface area contributed by atoms with Crippen LogP contribution in [0.5, 0.6) is 5.75 Å². The third-order valence-electron chi connectivity index (χ3n) is 6.01. The number of carboxylic acid groups (broad SMARTS) is 1. The van der Waals surface area contributed by atoms with E-state index in [-0.39, 0.29) is 17.7 Å². The zero-order chi connectivity index (χ0) is 21.3. The second-order valence-corrected chi connectivity index (χ2v) is 9.63. The summed E-state index contributed by atoms with van der Waals surface area (Å²) in [6, 6.07) is 9.14. The minimum absolute atomic E-state index is 0.144. The van der Waals surface area contributed by atoms with Crippen LogP contribution in [0.4, 0.5) is 4.39 Å². The number of rotatable bonds is 6. The van der Waals surface area contributed by atoms with E-state index in [1.54, 1.807) is 18.2 Å². The number of piperidine rings is 1. The van der Waals surface area contributed by atoms with Crippen LogP contribution in [0.2, 0.25) is 10.0 Å². The molecule has 2 aromatic rings. The van der Waals surface area contributed by atoms with Gasteiger partial charge in [-0.1, -0.05) is 35.3 Å². The van der Waals surface area contributed by atoms with Gasteiger partial charge in [-0.25, -0.2) is 4.39 Å². The highest BCUT2D eigenvalue weighted by atomic mass is 35.5. The quantitative estimate of drug-likeness (QED) is 0.555. The number of halogens is 3. The first kappa shape index (κ1) is 21.8. The third-order valence-corrected chi connectivity index (χ3v) is 7.78. The molecule has 160 valence electrons. The van der Waals surface area contributed by atoms with Crippen molar-refractivity contribution in [1.29, 1.82) is 0 Å². The first-order valence-electron chi connectivity index (χ1n) is 9.85. The summed E-state index contributed by atoms with van der Waals surface area (Å²) in [7, 11) is 0. The molecule has 30 heavy (non-hydrogen) atoms. The van der Waals surface area contributed by atoms with E-state index in [0.29, 0.717) is 39.6 Å². The van der Waals surface area contributed by atoms with Gasteiger partial charge in [0.05, 0.1) is 13.0 Å². The number of carbonyl (C=O) groups is 1. The van der Waals surface area contributed by atoms with E-state index >= 15 is 4.39 Å². The average Bonchev–Trinajstić information content (AvgIpc) is 3.07. The number of hydrogen-bond acceptors (Lipinski definition) is 4. The molecule has 0 atom stereocenters. The van der Waals surface area contributed by atoms with Crippen LogP contribution in [-0.2, 0) is 16.0 Å². The molecule has 0 bridgehead atoms. The Hall–Kier alpha value is -1.47. The van der Waals surface area contributed by atoms with Gasteiger partial charge in [0, 0.05) is 38.2 Å². The predicted octanol–water partition coefficient (Wildman–Crippen LogP) is 5.63. The Kier molecular flexibility index (Phi) is 6.49. The SMILES string of the molecule is O=C(O)CCN1CCC2(CC1)COc1c2ccc(SCc2c(Cl)cccc2Cl)c1F. The molecule has 0 unspecified atom stereocenters. The van der Waals surface area contributed by atoms with E-state index < -0.39 is 5.97 Å². The van der Waals surface area contributed by atoms with Crippen molar-refractivity contribution in [2.45, 2.75) is 35.3 Å². The molecule has 0 aromatic heterocycles. The number of nitrogens with zero attached hydrogens (tertiary/aromatic N) is 1. The highest BCUT2D eigenvalue weighted by molar-refractivity contribution is 7.98. The Labute approximate surface area is 189 Å². The van der Waals surface area contributed by atoms with E-state index in [2.05, 4.69) is 4.90 Å². The predicted molar refractivity (Wildman–Crippen MR) is 118 cm³/mol. The number of benzene rings is 2. The van der Waals surface area contributed by atoms with E-state index in [4.69, 9.17) is 33.0 Å². The molecule has 0 aliphatic carbocycles. The van der Waals surface area contributed by atoms with Gasteiger partial charge in [0.25, 0.3) is 0 Å². The van der Waals surface area contributed by atoms with Crippen LogP contribution < -0.4 is 4.74 Å². The van der Waals surface area contributed by atoms with Gasteiger partial charge in [-0.2, -0.15) is 0 Å². The smallest absolute Gasteiger partial charge is 0.304 e. The van der Waals surface area contributed by atoms with Crippen molar-refractivity contribution in [3.05, 3.63) is 57.3 Å². The summed E-state index contributed by atoms with van der Waals surface area (Å²) in [6.07, 6.45) is 1.81. The van der Waals surface area contributed by atoms with E-state index in [0.717, 1.165) is 37.1 Å². The number of fused-ring (bicyclic) bond motifs is 2. The molecule has 1 N–H and O–H groups in total. The number of likely N-dealkylation sites (tertiary alicyclic amines) is 1. The van der Waals surface area contributed by atoms with Gasteiger partial charge in [-0.15, -0.1) is 11.8 Å². The van der Waals surface area contributed by atoms with Gasteiger partial charge >= 0.3 is 5.97 Å². The van der Waals surface area contributed by atoms with E-state index in [9.17, 15) is 4.79 Å². The summed E-state index contributed by atoms with van der Waals surface area (Å²) in [5.41, 5.74) is 1.53. The maximum absolute atomic E-state index is 15.2. The summed E-state index contributed by atoms with van der Waals surface area (Å²) in [5.74, 6) is -0.289. The standard InChI is InChI=1S/C22H22Cl2FNO3S/c23-16-2-1-3-17(24)14(16)12-30-18-5-4-15-21(20(18)25)29-13-22(15)7-10-26(11-8-22)9-6-19(27)28/h1-5H,6-13H2,(H,27,28). The fraction of sp³-hybridized carbons (Fsp3) is 0.409. The average molecular weight is 470 g/mol. The lowest BCUT2D eigenvalue weighted by Gasteiger charge is -2.38. The van der Waals surface area contributed by atoms with Gasteiger partial charge in [0.15, 0.2) is 11.6 Å². The molecule has 1 fully saturated rings. The highest BCUT2D eigenvalue weighted by Crippen LogP contribution is 2.48. The molecule has 8 heteroatoms. The van der Waals surface area contributed by atoms with Crippen molar-refractivity contribution in [2.24, 2.45) is 0 Å². The van der Waals surface area contributed by atoms with Crippen molar-refractivity contribution in [2.75, 3.05) is 26.2 Å². The van der Waals surface area contributed by atoms with E-state index in [1.165, 1.54) is 11.8 Å². The minimum Gasteiger partial charge on any atom is -0.489 e. The summed E-state index contributed by atoms with van der Waals surface area (Å²) in [4.78, 5) is 13.5. The Morgan fingerprint density at radius 2 is 1.90 bits per heavy atom. The molecule has 2 aliphatic rings. The monoisotopic (exact) mass is 469 g/mol. The maximum Gasteiger partial charge on any atom is 0.304 e. The summed E-state index contributed by atoms with van der Waals surface area (Å²) < 4.78 is 21.1. The molecule has 1 saturated heterocycles. The first-order valence-corrected chi connectivity index (χ1v) is 11.6. The molecule has 0 radical (unpaired) electrons. The lowest BCUT2D eigenvalue weighted by molar-refractivity contribution is -0.137. The molecule has 2 aliphatic heterocycles. The van der Waals surface area contributed by atoms with E-state index in [1.807, 2.05) is 12.1 Å². The maximum atomic E-state index is 15.2. The van der Waals surface area contributed by atoms with Gasteiger partial charge in [-0.3, -0.25) is 4.79 Å². The Bertz CT molecular complexity index is 943. The largest absolute Gasteiger partial charge is 0.489 e. The molecular formula is C22H22Cl2FNO3S. The van der Waals surface area contributed by atoms with Crippen LogP contribution in [-0.4, -0.2) is 42.2 Å². The number of ether oxygens (including phenoxy) is 1. The van der Waals surface area contributed by atoms with Crippen LogP contribution in [0, 0.1) is 5.82 Å². The molecule has 0 amide bonds. The summed E-state index contributed by atoms with van der Waals surface area (Å²) in [6.45, 7) is 2.60. The Morgan fingerprint density at radius 1 is 1.20 bits per heavy atom. The zero-order valence-corrected chi connectivity index (χ0v) is 18.6. The molecule has 2 heterocycles. The first-order chi connectivity index (χ1) is 14.4. The zero-order valence-electron chi connectivity index (χ0n) is 16.3. The Balaban J connectivity index is 1.47. The van der Waals surface area contributed by atoms with Crippen molar-refractivity contribution in [1.82, 2.24) is 4.90 Å². The molecular weight excluding hydrogens is 448 g/mol.